The zero-order valence-electron chi connectivity index (χ0n) is 15.6. The lowest BCUT2D eigenvalue weighted by Crippen LogP contribution is -2.26. The van der Waals surface area contributed by atoms with Crippen molar-refractivity contribution < 1.29 is 9.53 Å². The predicted octanol–water partition coefficient (Wildman–Crippen LogP) is 5.85. The number of ether oxygens (including phenoxy) is 1. The Balaban J connectivity index is 1.28. The SMILES string of the molecule is O=C(C[C@H]1CC[C@@H](Oc2ccnc3ccccc23)CC1)Nc1ccc(Cl)cc1. The smallest absolute Gasteiger partial charge is 0.224 e. The van der Waals surface area contributed by atoms with Crippen molar-refractivity contribution in [2.45, 2.75) is 38.2 Å². The fraction of sp³-hybridized carbons (Fsp3) is 0.304. The summed E-state index contributed by atoms with van der Waals surface area (Å²) in [5, 5.41) is 4.67. The number of hydrogen-bond acceptors (Lipinski definition) is 3. The highest BCUT2D eigenvalue weighted by Gasteiger charge is 2.24. The van der Waals surface area contributed by atoms with Gasteiger partial charge < -0.3 is 10.1 Å². The largest absolute Gasteiger partial charge is 0.490 e. The van der Waals surface area contributed by atoms with Gasteiger partial charge in [0.15, 0.2) is 0 Å². The first kappa shape index (κ1) is 18.8. The average molecular weight is 395 g/mol. The van der Waals surface area contributed by atoms with Crippen LogP contribution in [0.15, 0.2) is 60.8 Å². The van der Waals surface area contributed by atoms with E-state index in [1.54, 1.807) is 18.3 Å². The average Bonchev–Trinajstić information content (AvgIpc) is 2.71. The molecule has 0 unspecified atom stereocenters. The number of aromatic nitrogens is 1. The van der Waals surface area contributed by atoms with Gasteiger partial charge in [0.25, 0.3) is 0 Å². The van der Waals surface area contributed by atoms with Crippen molar-refractivity contribution in [1.82, 2.24) is 4.98 Å². The maximum absolute atomic E-state index is 12.3. The van der Waals surface area contributed by atoms with Gasteiger partial charge in [-0.05, 0) is 74.1 Å². The van der Waals surface area contributed by atoms with Crippen LogP contribution in [0, 0.1) is 5.92 Å². The first-order chi connectivity index (χ1) is 13.7. The molecule has 0 radical (unpaired) electrons. The van der Waals surface area contributed by atoms with Crippen molar-refractivity contribution in [3.63, 3.8) is 0 Å². The zero-order valence-corrected chi connectivity index (χ0v) is 16.4. The number of para-hydroxylation sites is 1. The van der Waals surface area contributed by atoms with Crippen LogP contribution >= 0.6 is 11.6 Å². The molecule has 1 fully saturated rings. The zero-order chi connectivity index (χ0) is 19.3. The number of nitrogens with one attached hydrogen (secondary N) is 1. The van der Waals surface area contributed by atoms with Gasteiger partial charge in [-0.1, -0.05) is 23.7 Å². The summed E-state index contributed by atoms with van der Waals surface area (Å²) in [5.41, 5.74) is 1.74. The second kappa shape index (κ2) is 8.61. The van der Waals surface area contributed by atoms with Gasteiger partial charge in [-0.15, -0.1) is 0 Å². The number of nitrogens with zero attached hydrogens (tertiary/aromatic N) is 1. The fourth-order valence-corrected chi connectivity index (χ4v) is 3.94. The molecule has 0 spiro atoms. The predicted molar refractivity (Wildman–Crippen MR) is 113 cm³/mol. The molecule has 0 saturated heterocycles. The van der Waals surface area contributed by atoms with Crippen LogP contribution in [0.1, 0.15) is 32.1 Å². The van der Waals surface area contributed by atoms with Gasteiger partial charge in [0.2, 0.25) is 5.91 Å². The lowest BCUT2D eigenvalue weighted by molar-refractivity contribution is -0.117. The third kappa shape index (κ3) is 4.63. The van der Waals surface area contributed by atoms with Crippen molar-refractivity contribution in [1.29, 1.82) is 0 Å². The van der Waals surface area contributed by atoms with Crippen LogP contribution in [0.3, 0.4) is 0 Å². The summed E-state index contributed by atoms with van der Waals surface area (Å²) in [6.45, 7) is 0. The third-order valence-corrected chi connectivity index (χ3v) is 5.55. The number of anilines is 1. The van der Waals surface area contributed by atoms with Gasteiger partial charge in [0.1, 0.15) is 5.75 Å². The van der Waals surface area contributed by atoms with Crippen LogP contribution in [0.25, 0.3) is 10.9 Å². The number of hydrogen-bond donors (Lipinski definition) is 1. The van der Waals surface area contributed by atoms with E-state index < -0.39 is 0 Å². The number of fused-ring (bicyclic) bond motifs is 1. The molecule has 1 aliphatic carbocycles. The molecule has 1 saturated carbocycles. The monoisotopic (exact) mass is 394 g/mol. The van der Waals surface area contributed by atoms with E-state index in [1.165, 1.54) is 0 Å². The van der Waals surface area contributed by atoms with Crippen molar-refractivity contribution in [3.8, 4) is 5.75 Å². The quantitative estimate of drug-likeness (QED) is 0.590. The molecule has 4 nitrogen and oxygen atoms in total. The minimum atomic E-state index is 0.0619. The normalized spacial score (nSPS) is 19.3. The summed E-state index contributed by atoms with van der Waals surface area (Å²) < 4.78 is 6.28. The maximum atomic E-state index is 12.3. The van der Waals surface area contributed by atoms with Crippen molar-refractivity contribution in [2.75, 3.05) is 5.32 Å². The standard InChI is InChI=1S/C23H23ClN2O2/c24-17-7-9-18(10-8-17)26-23(27)15-16-5-11-19(12-6-16)28-22-13-14-25-21-4-2-1-3-20(21)22/h1-4,7-10,13-14,16,19H,5-6,11-12,15H2,(H,26,27)/t16-,19+. The molecule has 1 aliphatic rings. The van der Waals surface area contributed by atoms with E-state index in [1.807, 2.05) is 42.5 Å². The Kier molecular flexibility index (Phi) is 5.77. The molecule has 0 bridgehead atoms. The first-order valence-electron chi connectivity index (χ1n) is 9.73. The topological polar surface area (TPSA) is 51.2 Å². The summed E-state index contributed by atoms with van der Waals surface area (Å²) >= 11 is 5.88. The van der Waals surface area contributed by atoms with E-state index in [9.17, 15) is 4.79 Å². The molecule has 144 valence electrons. The number of amides is 1. The molecule has 2 aromatic carbocycles. The summed E-state index contributed by atoms with van der Waals surface area (Å²) in [6.07, 6.45) is 6.48. The van der Waals surface area contributed by atoms with Crippen LogP contribution in [-0.2, 0) is 4.79 Å². The second-order valence-electron chi connectivity index (χ2n) is 7.35. The third-order valence-electron chi connectivity index (χ3n) is 5.30. The van der Waals surface area contributed by atoms with Gasteiger partial charge in [0.05, 0.1) is 11.6 Å². The van der Waals surface area contributed by atoms with Gasteiger partial charge in [-0.2, -0.15) is 0 Å². The second-order valence-corrected chi connectivity index (χ2v) is 7.78. The Morgan fingerprint density at radius 2 is 1.79 bits per heavy atom. The van der Waals surface area contributed by atoms with Crippen LogP contribution in [0.5, 0.6) is 5.75 Å². The van der Waals surface area contributed by atoms with E-state index in [2.05, 4.69) is 10.3 Å². The first-order valence-corrected chi connectivity index (χ1v) is 10.1. The number of halogens is 1. The molecular formula is C23H23ClN2O2. The van der Waals surface area contributed by atoms with Crippen LogP contribution in [0.4, 0.5) is 5.69 Å². The Labute approximate surface area is 169 Å². The highest BCUT2D eigenvalue weighted by molar-refractivity contribution is 6.30. The van der Waals surface area contributed by atoms with Gasteiger partial charge in [-0.3, -0.25) is 9.78 Å². The molecule has 5 heteroatoms. The van der Waals surface area contributed by atoms with Gasteiger partial charge >= 0.3 is 0 Å². The highest BCUT2D eigenvalue weighted by atomic mass is 35.5. The van der Waals surface area contributed by atoms with E-state index in [0.717, 1.165) is 48.0 Å². The van der Waals surface area contributed by atoms with Crippen molar-refractivity contribution in [2.24, 2.45) is 5.92 Å². The number of rotatable bonds is 5. The molecule has 1 heterocycles. The van der Waals surface area contributed by atoms with Crippen molar-refractivity contribution >= 4 is 34.1 Å². The molecule has 3 aromatic rings. The highest BCUT2D eigenvalue weighted by Crippen LogP contribution is 2.32. The molecule has 1 aromatic heterocycles. The summed E-state index contributed by atoms with van der Waals surface area (Å²) in [5.74, 6) is 1.36. The number of benzene rings is 2. The number of carbonyl (C=O) groups is 1. The Morgan fingerprint density at radius 1 is 1.04 bits per heavy atom. The molecule has 28 heavy (non-hydrogen) atoms. The molecule has 0 aliphatic heterocycles. The molecular weight excluding hydrogens is 372 g/mol. The molecule has 1 N–H and O–H groups in total. The van der Waals surface area contributed by atoms with E-state index in [4.69, 9.17) is 16.3 Å². The summed E-state index contributed by atoms with van der Waals surface area (Å²) in [6, 6.07) is 17.2. The van der Waals surface area contributed by atoms with E-state index >= 15 is 0 Å². The lowest BCUT2D eigenvalue weighted by atomic mass is 9.85. The lowest BCUT2D eigenvalue weighted by Gasteiger charge is -2.29. The number of pyridine rings is 1. The summed E-state index contributed by atoms with van der Waals surface area (Å²) in [4.78, 5) is 16.7. The Bertz CT molecular complexity index is 945. The Hall–Kier alpha value is -2.59. The van der Waals surface area contributed by atoms with Crippen molar-refractivity contribution in [3.05, 3.63) is 65.8 Å². The minimum absolute atomic E-state index is 0.0619. The van der Waals surface area contributed by atoms with Crippen LogP contribution in [-0.4, -0.2) is 17.0 Å². The Morgan fingerprint density at radius 3 is 2.57 bits per heavy atom. The van der Waals surface area contributed by atoms with Crippen LogP contribution in [0.2, 0.25) is 5.02 Å². The maximum Gasteiger partial charge on any atom is 0.224 e. The molecule has 1 amide bonds. The molecule has 0 atom stereocenters. The van der Waals surface area contributed by atoms with E-state index in [-0.39, 0.29) is 12.0 Å². The van der Waals surface area contributed by atoms with Crippen LogP contribution < -0.4 is 10.1 Å². The minimum Gasteiger partial charge on any atom is -0.490 e. The van der Waals surface area contributed by atoms with Gasteiger partial charge in [0, 0.05) is 28.7 Å². The van der Waals surface area contributed by atoms with E-state index in [0.29, 0.717) is 17.4 Å². The number of carbonyl (C=O) groups excluding carboxylic acids is 1. The fourth-order valence-electron chi connectivity index (χ4n) is 3.81. The molecule has 4 rings (SSSR count). The van der Waals surface area contributed by atoms with Gasteiger partial charge in [-0.25, -0.2) is 0 Å². The summed E-state index contributed by atoms with van der Waals surface area (Å²) in [7, 11) is 0.